The predicted molar refractivity (Wildman–Crippen MR) is 47.2 cm³/mol. The standard InChI is InChI=1S/C9H18O4/c1-6(11)4-7-8(5-10)13-9(2,3)12-7/h6-8,10-11H,4-5H2,1-3H3/t6-,7?,8?/m1/s1. The molecule has 1 rings (SSSR count). The number of rotatable bonds is 3. The van der Waals surface area contributed by atoms with Crippen molar-refractivity contribution >= 4 is 0 Å². The lowest BCUT2D eigenvalue weighted by molar-refractivity contribution is -0.150. The number of hydrogen-bond donors (Lipinski definition) is 2. The maximum Gasteiger partial charge on any atom is 0.163 e. The lowest BCUT2D eigenvalue weighted by Gasteiger charge is -2.17. The first-order valence-corrected chi connectivity index (χ1v) is 4.59. The zero-order chi connectivity index (χ0) is 10.1. The third kappa shape index (κ3) is 2.91. The van der Waals surface area contributed by atoms with Gasteiger partial charge in [-0.3, -0.25) is 0 Å². The molecule has 0 bridgehead atoms. The minimum absolute atomic E-state index is 0.0686. The SMILES string of the molecule is C[C@@H](O)CC1OC(C)(C)OC1CO. The van der Waals surface area contributed by atoms with E-state index in [1.165, 1.54) is 0 Å². The van der Waals surface area contributed by atoms with Crippen LogP contribution in [0, 0.1) is 0 Å². The van der Waals surface area contributed by atoms with Gasteiger partial charge in [-0.25, -0.2) is 0 Å². The van der Waals surface area contributed by atoms with Gasteiger partial charge >= 0.3 is 0 Å². The second-order valence-electron chi connectivity index (χ2n) is 3.98. The average molecular weight is 190 g/mol. The zero-order valence-corrected chi connectivity index (χ0v) is 8.36. The molecule has 0 radical (unpaired) electrons. The largest absolute Gasteiger partial charge is 0.394 e. The van der Waals surface area contributed by atoms with Crippen LogP contribution in [0.3, 0.4) is 0 Å². The second kappa shape index (κ2) is 3.92. The Hall–Kier alpha value is -0.160. The molecule has 0 amide bonds. The zero-order valence-electron chi connectivity index (χ0n) is 8.36. The van der Waals surface area contributed by atoms with Gasteiger partial charge in [0.05, 0.1) is 18.8 Å². The van der Waals surface area contributed by atoms with E-state index in [0.29, 0.717) is 6.42 Å². The summed E-state index contributed by atoms with van der Waals surface area (Å²) in [7, 11) is 0. The van der Waals surface area contributed by atoms with E-state index in [1.807, 2.05) is 0 Å². The minimum atomic E-state index is -0.646. The molecule has 13 heavy (non-hydrogen) atoms. The molecule has 1 heterocycles. The van der Waals surface area contributed by atoms with Gasteiger partial charge in [-0.2, -0.15) is 0 Å². The first kappa shape index (κ1) is 10.9. The van der Waals surface area contributed by atoms with Crippen LogP contribution in [-0.2, 0) is 9.47 Å². The number of hydrogen-bond acceptors (Lipinski definition) is 4. The summed E-state index contributed by atoms with van der Waals surface area (Å²) in [6, 6.07) is 0. The topological polar surface area (TPSA) is 58.9 Å². The molecule has 0 aliphatic carbocycles. The molecule has 1 aliphatic heterocycles. The van der Waals surface area contributed by atoms with Crippen LogP contribution in [-0.4, -0.2) is 40.9 Å². The van der Waals surface area contributed by atoms with Gasteiger partial charge in [-0.05, 0) is 20.8 Å². The summed E-state index contributed by atoms with van der Waals surface area (Å²) in [4.78, 5) is 0. The Labute approximate surface area is 78.5 Å². The van der Waals surface area contributed by atoms with Crippen LogP contribution in [0.4, 0.5) is 0 Å². The van der Waals surface area contributed by atoms with E-state index in [1.54, 1.807) is 20.8 Å². The molecule has 1 saturated heterocycles. The summed E-state index contributed by atoms with van der Waals surface area (Å²) in [5.74, 6) is -0.646. The van der Waals surface area contributed by atoms with Crippen LogP contribution in [0.1, 0.15) is 27.2 Å². The van der Waals surface area contributed by atoms with Crippen LogP contribution >= 0.6 is 0 Å². The third-order valence-corrected chi connectivity index (χ3v) is 2.04. The quantitative estimate of drug-likeness (QED) is 0.670. The van der Waals surface area contributed by atoms with E-state index in [2.05, 4.69) is 0 Å². The second-order valence-corrected chi connectivity index (χ2v) is 3.98. The molecule has 2 N–H and O–H groups in total. The van der Waals surface area contributed by atoms with E-state index < -0.39 is 11.9 Å². The molecular weight excluding hydrogens is 172 g/mol. The van der Waals surface area contributed by atoms with Crippen molar-refractivity contribution in [3.05, 3.63) is 0 Å². The van der Waals surface area contributed by atoms with Gasteiger partial charge < -0.3 is 19.7 Å². The highest BCUT2D eigenvalue weighted by Gasteiger charge is 2.40. The van der Waals surface area contributed by atoms with Crippen molar-refractivity contribution in [2.24, 2.45) is 0 Å². The van der Waals surface area contributed by atoms with Crippen LogP contribution in [0.25, 0.3) is 0 Å². The molecule has 4 nitrogen and oxygen atoms in total. The van der Waals surface area contributed by atoms with Crippen molar-refractivity contribution in [1.82, 2.24) is 0 Å². The normalized spacial score (nSPS) is 34.8. The van der Waals surface area contributed by atoms with E-state index in [9.17, 15) is 5.11 Å². The van der Waals surface area contributed by atoms with Crippen molar-refractivity contribution in [2.45, 2.75) is 51.3 Å². The van der Waals surface area contributed by atoms with Crippen LogP contribution in [0.5, 0.6) is 0 Å². The Morgan fingerprint density at radius 3 is 2.31 bits per heavy atom. The smallest absolute Gasteiger partial charge is 0.163 e. The fourth-order valence-electron chi connectivity index (χ4n) is 1.60. The molecule has 1 aliphatic rings. The first-order chi connectivity index (χ1) is 5.94. The molecule has 4 heteroatoms. The van der Waals surface area contributed by atoms with E-state index in [0.717, 1.165) is 0 Å². The van der Waals surface area contributed by atoms with Gasteiger partial charge in [-0.1, -0.05) is 0 Å². The fraction of sp³-hybridized carbons (Fsp3) is 1.00. The molecule has 3 atom stereocenters. The molecule has 0 saturated carbocycles. The fourth-order valence-corrected chi connectivity index (χ4v) is 1.60. The molecular formula is C9H18O4. The number of aliphatic hydroxyl groups is 2. The Balaban J connectivity index is 2.53. The van der Waals surface area contributed by atoms with Crippen molar-refractivity contribution in [3.63, 3.8) is 0 Å². The van der Waals surface area contributed by atoms with Crippen LogP contribution < -0.4 is 0 Å². The molecule has 0 spiro atoms. The highest BCUT2D eigenvalue weighted by molar-refractivity contribution is 4.81. The van der Waals surface area contributed by atoms with E-state index >= 15 is 0 Å². The monoisotopic (exact) mass is 190 g/mol. The van der Waals surface area contributed by atoms with Gasteiger partial charge in [0.25, 0.3) is 0 Å². The Kier molecular flexibility index (Phi) is 3.29. The predicted octanol–water partition coefficient (Wildman–Crippen LogP) is 0.270. The summed E-state index contributed by atoms with van der Waals surface area (Å²) in [6.45, 7) is 5.24. The molecule has 0 aromatic rings. The van der Waals surface area contributed by atoms with Crippen molar-refractivity contribution in [1.29, 1.82) is 0 Å². The summed E-state index contributed by atoms with van der Waals surface area (Å²) < 4.78 is 10.9. The van der Waals surface area contributed by atoms with E-state index in [4.69, 9.17) is 14.6 Å². The van der Waals surface area contributed by atoms with Crippen molar-refractivity contribution in [3.8, 4) is 0 Å². The molecule has 2 unspecified atom stereocenters. The van der Waals surface area contributed by atoms with Crippen molar-refractivity contribution < 1.29 is 19.7 Å². The summed E-state index contributed by atoms with van der Waals surface area (Å²) in [5.41, 5.74) is 0. The molecule has 0 aromatic heterocycles. The van der Waals surface area contributed by atoms with Crippen LogP contribution in [0.2, 0.25) is 0 Å². The highest BCUT2D eigenvalue weighted by atomic mass is 16.8. The molecule has 1 fully saturated rings. The lowest BCUT2D eigenvalue weighted by Crippen LogP contribution is -2.29. The van der Waals surface area contributed by atoms with Gasteiger partial charge in [0.15, 0.2) is 5.79 Å². The first-order valence-electron chi connectivity index (χ1n) is 4.59. The van der Waals surface area contributed by atoms with Crippen LogP contribution in [0.15, 0.2) is 0 Å². The average Bonchev–Trinajstić information content (AvgIpc) is 2.24. The van der Waals surface area contributed by atoms with E-state index in [-0.39, 0.29) is 18.8 Å². The summed E-state index contributed by atoms with van der Waals surface area (Å²) in [5, 5.41) is 18.2. The van der Waals surface area contributed by atoms with Gasteiger partial charge in [0.2, 0.25) is 0 Å². The van der Waals surface area contributed by atoms with Gasteiger partial charge in [0.1, 0.15) is 6.10 Å². The highest BCUT2D eigenvalue weighted by Crippen LogP contribution is 2.30. The lowest BCUT2D eigenvalue weighted by atomic mass is 10.1. The van der Waals surface area contributed by atoms with Gasteiger partial charge in [-0.15, -0.1) is 0 Å². The maximum atomic E-state index is 9.18. The third-order valence-electron chi connectivity index (χ3n) is 2.04. The Morgan fingerprint density at radius 1 is 1.31 bits per heavy atom. The minimum Gasteiger partial charge on any atom is -0.394 e. The van der Waals surface area contributed by atoms with Crippen molar-refractivity contribution in [2.75, 3.05) is 6.61 Å². The summed E-state index contributed by atoms with van der Waals surface area (Å²) >= 11 is 0. The number of ether oxygens (including phenoxy) is 2. The molecule has 0 aromatic carbocycles. The van der Waals surface area contributed by atoms with Gasteiger partial charge in [0, 0.05) is 6.42 Å². The maximum absolute atomic E-state index is 9.18. The summed E-state index contributed by atoms with van der Waals surface area (Å²) in [6.07, 6.45) is -0.463. The Bertz CT molecular complexity index is 167. The Morgan fingerprint density at radius 2 is 1.85 bits per heavy atom. The molecule has 78 valence electrons. The number of aliphatic hydroxyl groups excluding tert-OH is 2.